The second kappa shape index (κ2) is 8.42. The predicted octanol–water partition coefficient (Wildman–Crippen LogP) is 4.40. The molecule has 0 aliphatic heterocycles. The van der Waals surface area contributed by atoms with E-state index < -0.39 is 0 Å². The molecule has 1 aromatic rings. The Hall–Kier alpha value is -1.03. The Labute approximate surface area is 136 Å². The fourth-order valence-corrected chi connectivity index (χ4v) is 3.12. The Kier molecular flexibility index (Phi) is 7.23. The molecule has 118 valence electrons. The van der Waals surface area contributed by atoms with Crippen LogP contribution >= 0.6 is 15.9 Å². The van der Waals surface area contributed by atoms with Crippen LogP contribution in [0.4, 0.5) is 0 Å². The highest BCUT2D eigenvalue weighted by Crippen LogP contribution is 2.24. The molecule has 0 bridgehead atoms. The molecular formula is C17H26BrNO2. The van der Waals surface area contributed by atoms with Gasteiger partial charge in [-0.05, 0) is 36.5 Å². The summed E-state index contributed by atoms with van der Waals surface area (Å²) in [5.74, 6) is 0.685. The van der Waals surface area contributed by atoms with Gasteiger partial charge in [-0.2, -0.15) is 0 Å². The van der Waals surface area contributed by atoms with Crippen molar-refractivity contribution in [2.45, 2.75) is 45.4 Å². The molecule has 21 heavy (non-hydrogen) atoms. The second-order valence-corrected chi connectivity index (χ2v) is 7.74. The zero-order chi connectivity index (χ0) is 15.9. The molecule has 0 spiro atoms. The molecule has 1 rings (SSSR count). The molecule has 0 saturated heterocycles. The number of ether oxygens (including phenoxy) is 1. The highest BCUT2D eigenvalue weighted by molar-refractivity contribution is 9.09. The Morgan fingerprint density at radius 2 is 2.10 bits per heavy atom. The number of halogens is 1. The first-order valence-corrected chi connectivity index (χ1v) is 8.38. The van der Waals surface area contributed by atoms with E-state index >= 15 is 0 Å². The van der Waals surface area contributed by atoms with Crippen LogP contribution in [0.1, 0.15) is 50.9 Å². The van der Waals surface area contributed by atoms with Crippen LogP contribution < -0.4 is 10.1 Å². The van der Waals surface area contributed by atoms with Crippen molar-refractivity contribution in [1.29, 1.82) is 0 Å². The van der Waals surface area contributed by atoms with Crippen molar-refractivity contribution >= 4 is 21.8 Å². The third-order valence-corrected chi connectivity index (χ3v) is 3.53. The molecule has 1 amide bonds. The third kappa shape index (κ3) is 7.51. The Morgan fingerprint density at radius 1 is 1.38 bits per heavy atom. The third-order valence-electron chi connectivity index (χ3n) is 2.89. The van der Waals surface area contributed by atoms with Gasteiger partial charge >= 0.3 is 0 Å². The molecule has 0 aliphatic rings. The fourth-order valence-electron chi connectivity index (χ4n) is 1.99. The largest absolute Gasteiger partial charge is 0.494 e. The van der Waals surface area contributed by atoms with Gasteiger partial charge in [0, 0.05) is 16.9 Å². The number of carbonyl (C=O) groups is 1. The minimum Gasteiger partial charge on any atom is -0.494 e. The normalized spacial score (nSPS) is 12.8. The number of hydrogen-bond acceptors (Lipinski definition) is 2. The van der Waals surface area contributed by atoms with E-state index in [2.05, 4.69) is 48.9 Å². The highest BCUT2D eigenvalue weighted by atomic mass is 79.9. The van der Waals surface area contributed by atoms with Gasteiger partial charge in [0.15, 0.2) is 0 Å². The SMILES string of the molecule is CCCOc1cccc(C(=O)NCC(Br)CC(C)(C)C)c1. The second-order valence-electron chi connectivity index (χ2n) is 6.45. The number of carbonyl (C=O) groups excluding carboxylic acids is 1. The van der Waals surface area contributed by atoms with Crippen LogP contribution in [0.5, 0.6) is 5.75 Å². The van der Waals surface area contributed by atoms with Crippen LogP contribution in [0.2, 0.25) is 0 Å². The van der Waals surface area contributed by atoms with Crippen molar-refractivity contribution in [3.63, 3.8) is 0 Å². The number of hydrogen-bond donors (Lipinski definition) is 1. The van der Waals surface area contributed by atoms with Crippen molar-refractivity contribution in [3.8, 4) is 5.75 Å². The Bertz CT molecular complexity index is 454. The molecule has 0 fully saturated rings. The summed E-state index contributed by atoms with van der Waals surface area (Å²) in [5.41, 5.74) is 0.881. The van der Waals surface area contributed by atoms with Gasteiger partial charge in [0.05, 0.1) is 6.61 Å². The maximum Gasteiger partial charge on any atom is 0.251 e. The zero-order valence-electron chi connectivity index (χ0n) is 13.4. The minimum atomic E-state index is -0.0599. The van der Waals surface area contributed by atoms with Gasteiger partial charge < -0.3 is 10.1 Å². The lowest BCUT2D eigenvalue weighted by Gasteiger charge is -2.22. The van der Waals surface area contributed by atoms with E-state index in [0.717, 1.165) is 18.6 Å². The molecule has 4 heteroatoms. The van der Waals surface area contributed by atoms with Gasteiger partial charge in [-0.15, -0.1) is 0 Å². The van der Waals surface area contributed by atoms with Gasteiger partial charge in [-0.1, -0.05) is 49.7 Å². The number of nitrogens with one attached hydrogen (secondary N) is 1. The molecule has 3 nitrogen and oxygen atoms in total. The van der Waals surface area contributed by atoms with Crippen molar-refractivity contribution in [1.82, 2.24) is 5.32 Å². The van der Waals surface area contributed by atoms with E-state index in [0.29, 0.717) is 18.7 Å². The summed E-state index contributed by atoms with van der Waals surface area (Å²) in [6.07, 6.45) is 1.96. The van der Waals surface area contributed by atoms with E-state index in [1.165, 1.54) is 0 Å². The number of rotatable bonds is 7. The lowest BCUT2D eigenvalue weighted by molar-refractivity contribution is 0.0952. The molecule has 0 radical (unpaired) electrons. The maximum atomic E-state index is 12.2. The molecule has 0 aliphatic carbocycles. The van der Waals surface area contributed by atoms with E-state index in [9.17, 15) is 4.79 Å². The standard InChI is InChI=1S/C17H26BrNO2/c1-5-9-21-15-8-6-7-13(10-15)16(20)19-12-14(18)11-17(2,3)4/h6-8,10,14H,5,9,11-12H2,1-4H3,(H,19,20). The number of amides is 1. The summed E-state index contributed by atoms with van der Waals surface area (Å²) in [7, 11) is 0. The van der Waals surface area contributed by atoms with Crippen molar-refractivity contribution in [2.24, 2.45) is 5.41 Å². The van der Waals surface area contributed by atoms with Crippen molar-refractivity contribution in [3.05, 3.63) is 29.8 Å². The van der Waals surface area contributed by atoms with E-state index in [4.69, 9.17) is 4.74 Å². The molecule has 1 aromatic carbocycles. The molecular weight excluding hydrogens is 330 g/mol. The van der Waals surface area contributed by atoms with Crippen LogP contribution in [-0.4, -0.2) is 23.9 Å². The summed E-state index contributed by atoms with van der Waals surface area (Å²) in [5, 5.41) is 2.96. The van der Waals surface area contributed by atoms with Crippen molar-refractivity contribution < 1.29 is 9.53 Å². The maximum absolute atomic E-state index is 12.2. The monoisotopic (exact) mass is 355 g/mol. The van der Waals surface area contributed by atoms with Crippen LogP contribution in [0.25, 0.3) is 0 Å². The van der Waals surface area contributed by atoms with Gasteiger partial charge in [-0.3, -0.25) is 4.79 Å². The minimum absolute atomic E-state index is 0.0599. The molecule has 1 N–H and O–H groups in total. The predicted molar refractivity (Wildman–Crippen MR) is 91.3 cm³/mol. The lowest BCUT2D eigenvalue weighted by Crippen LogP contribution is -2.31. The van der Waals surface area contributed by atoms with Gasteiger partial charge in [-0.25, -0.2) is 0 Å². The molecule has 0 aromatic heterocycles. The summed E-state index contributed by atoms with van der Waals surface area (Å²) in [6.45, 7) is 9.92. The quantitative estimate of drug-likeness (QED) is 0.735. The van der Waals surface area contributed by atoms with Crippen molar-refractivity contribution in [2.75, 3.05) is 13.2 Å². The first kappa shape index (κ1) is 18.0. The van der Waals surface area contributed by atoms with E-state index in [1.54, 1.807) is 12.1 Å². The van der Waals surface area contributed by atoms with Crippen LogP contribution in [-0.2, 0) is 0 Å². The summed E-state index contributed by atoms with van der Waals surface area (Å²) < 4.78 is 5.55. The Balaban J connectivity index is 2.52. The highest BCUT2D eigenvalue weighted by Gasteiger charge is 2.17. The average Bonchev–Trinajstić information content (AvgIpc) is 2.41. The summed E-state index contributed by atoms with van der Waals surface area (Å²) in [6, 6.07) is 7.32. The topological polar surface area (TPSA) is 38.3 Å². The smallest absolute Gasteiger partial charge is 0.251 e. The molecule has 1 unspecified atom stereocenters. The molecule has 0 heterocycles. The van der Waals surface area contributed by atoms with Crippen LogP contribution in [0, 0.1) is 5.41 Å². The van der Waals surface area contributed by atoms with Gasteiger partial charge in [0.1, 0.15) is 5.75 Å². The van der Waals surface area contributed by atoms with Gasteiger partial charge in [0.25, 0.3) is 5.91 Å². The number of benzene rings is 1. The zero-order valence-corrected chi connectivity index (χ0v) is 15.0. The van der Waals surface area contributed by atoms with Crippen LogP contribution in [0.15, 0.2) is 24.3 Å². The van der Waals surface area contributed by atoms with Crippen LogP contribution in [0.3, 0.4) is 0 Å². The fraction of sp³-hybridized carbons (Fsp3) is 0.588. The summed E-state index contributed by atoms with van der Waals surface area (Å²) >= 11 is 3.62. The van der Waals surface area contributed by atoms with E-state index in [-0.39, 0.29) is 16.1 Å². The average molecular weight is 356 g/mol. The van der Waals surface area contributed by atoms with E-state index in [1.807, 2.05) is 12.1 Å². The first-order valence-electron chi connectivity index (χ1n) is 7.47. The summed E-state index contributed by atoms with van der Waals surface area (Å²) in [4.78, 5) is 12.4. The molecule has 0 saturated carbocycles. The Morgan fingerprint density at radius 3 is 2.71 bits per heavy atom. The lowest BCUT2D eigenvalue weighted by atomic mass is 9.90. The number of alkyl halides is 1. The molecule has 1 atom stereocenters. The van der Waals surface area contributed by atoms with Gasteiger partial charge in [0.2, 0.25) is 0 Å². The first-order chi connectivity index (χ1) is 9.81.